The maximum Gasteiger partial charge on any atom is 0.0304 e. The molecule has 0 saturated heterocycles. The molecule has 3 N–H and O–H groups in total. The Bertz CT molecular complexity index is 189. The SMILES string of the molecule is C#CCCNC(CC)(CN)CC(C)CC. The van der Waals surface area contributed by atoms with Crippen LogP contribution in [0, 0.1) is 18.3 Å². The van der Waals surface area contributed by atoms with E-state index in [0.717, 1.165) is 25.8 Å². The van der Waals surface area contributed by atoms with Crippen LogP contribution in [0.25, 0.3) is 0 Å². The zero-order valence-electron chi connectivity index (χ0n) is 10.5. The van der Waals surface area contributed by atoms with Gasteiger partial charge in [-0.15, -0.1) is 12.3 Å². The Morgan fingerprint density at radius 1 is 1.47 bits per heavy atom. The highest BCUT2D eigenvalue weighted by molar-refractivity contribution is 4.92. The highest BCUT2D eigenvalue weighted by Crippen LogP contribution is 2.21. The van der Waals surface area contributed by atoms with Crippen LogP contribution in [-0.4, -0.2) is 18.6 Å². The van der Waals surface area contributed by atoms with Gasteiger partial charge in [-0.2, -0.15) is 0 Å². The van der Waals surface area contributed by atoms with Gasteiger partial charge in [0.05, 0.1) is 0 Å². The van der Waals surface area contributed by atoms with Crippen molar-refractivity contribution in [3.63, 3.8) is 0 Å². The minimum atomic E-state index is 0.0896. The van der Waals surface area contributed by atoms with Crippen LogP contribution in [0.5, 0.6) is 0 Å². The molecule has 88 valence electrons. The molecule has 0 bridgehead atoms. The largest absolute Gasteiger partial charge is 0.329 e. The molecule has 2 unspecified atom stereocenters. The van der Waals surface area contributed by atoms with Gasteiger partial charge in [0.1, 0.15) is 0 Å². The molecule has 2 atom stereocenters. The van der Waals surface area contributed by atoms with Crippen molar-refractivity contribution in [3.8, 4) is 12.3 Å². The van der Waals surface area contributed by atoms with Crippen LogP contribution in [0.3, 0.4) is 0 Å². The Morgan fingerprint density at radius 2 is 2.13 bits per heavy atom. The number of nitrogens with two attached hydrogens (primary N) is 1. The lowest BCUT2D eigenvalue weighted by Crippen LogP contribution is -2.52. The lowest BCUT2D eigenvalue weighted by Gasteiger charge is -2.35. The van der Waals surface area contributed by atoms with Crippen LogP contribution in [0.4, 0.5) is 0 Å². The van der Waals surface area contributed by atoms with Crippen LogP contribution < -0.4 is 11.1 Å². The van der Waals surface area contributed by atoms with Crippen molar-refractivity contribution in [1.82, 2.24) is 5.32 Å². The normalized spacial score (nSPS) is 16.7. The summed E-state index contributed by atoms with van der Waals surface area (Å²) in [5, 5.41) is 3.53. The van der Waals surface area contributed by atoms with Gasteiger partial charge in [0.2, 0.25) is 0 Å². The van der Waals surface area contributed by atoms with Gasteiger partial charge >= 0.3 is 0 Å². The van der Waals surface area contributed by atoms with E-state index in [9.17, 15) is 0 Å². The van der Waals surface area contributed by atoms with E-state index >= 15 is 0 Å². The molecular weight excluding hydrogens is 184 g/mol. The van der Waals surface area contributed by atoms with E-state index < -0.39 is 0 Å². The highest BCUT2D eigenvalue weighted by Gasteiger charge is 2.26. The second-order valence-electron chi connectivity index (χ2n) is 4.44. The molecule has 2 heteroatoms. The van der Waals surface area contributed by atoms with Gasteiger partial charge in [-0.1, -0.05) is 27.2 Å². The van der Waals surface area contributed by atoms with E-state index in [4.69, 9.17) is 12.2 Å². The number of hydrogen-bond acceptors (Lipinski definition) is 2. The summed E-state index contributed by atoms with van der Waals surface area (Å²) in [6, 6.07) is 0. The molecule has 0 aromatic rings. The minimum absolute atomic E-state index is 0.0896. The van der Waals surface area contributed by atoms with Crippen molar-refractivity contribution >= 4 is 0 Å². The first-order valence-electron chi connectivity index (χ1n) is 6.02. The average Bonchev–Trinajstić information content (AvgIpc) is 2.27. The van der Waals surface area contributed by atoms with Gasteiger partial charge in [-0.3, -0.25) is 0 Å². The predicted molar refractivity (Wildman–Crippen MR) is 67.6 cm³/mol. The van der Waals surface area contributed by atoms with Crippen molar-refractivity contribution in [2.75, 3.05) is 13.1 Å². The van der Waals surface area contributed by atoms with Crippen molar-refractivity contribution in [2.45, 2.75) is 52.0 Å². The van der Waals surface area contributed by atoms with Gasteiger partial charge in [0, 0.05) is 25.0 Å². The first-order valence-corrected chi connectivity index (χ1v) is 6.02. The summed E-state index contributed by atoms with van der Waals surface area (Å²) in [4.78, 5) is 0. The fourth-order valence-electron chi connectivity index (χ4n) is 1.85. The van der Waals surface area contributed by atoms with Gasteiger partial charge in [-0.05, 0) is 18.8 Å². The Morgan fingerprint density at radius 3 is 2.53 bits per heavy atom. The molecule has 0 aromatic heterocycles. The summed E-state index contributed by atoms with van der Waals surface area (Å²) >= 11 is 0. The molecule has 0 aliphatic heterocycles. The first kappa shape index (κ1) is 14.5. The number of nitrogens with one attached hydrogen (secondary N) is 1. The summed E-state index contributed by atoms with van der Waals surface area (Å²) < 4.78 is 0. The van der Waals surface area contributed by atoms with Gasteiger partial charge in [-0.25, -0.2) is 0 Å². The van der Waals surface area contributed by atoms with E-state index in [-0.39, 0.29) is 5.54 Å². The summed E-state index contributed by atoms with van der Waals surface area (Å²) in [5.74, 6) is 3.37. The standard InChI is InChI=1S/C13H26N2/c1-5-8-9-15-13(7-3,11-14)10-12(4)6-2/h1,12,15H,6-11,14H2,2-4H3. The number of rotatable bonds is 8. The van der Waals surface area contributed by atoms with Crippen LogP contribution in [0.15, 0.2) is 0 Å². The number of terminal acetylenes is 1. The molecule has 0 rings (SSSR count). The average molecular weight is 210 g/mol. The van der Waals surface area contributed by atoms with Crippen LogP contribution in [0.1, 0.15) is 46.5 Å². The second-order valence-corrected chi connectivity index (χ2v) is 4.44. The van der Waals surface area contributed by atoms with E-state index in [0.29, 0.717) is 12.5 Å². The Labute approximate surface area is 95.0 Å². The van der Waals surface area contributed by atoms with Gasteiger partial charge < -0.3 is 11.1 Å². The van der Waals surface area contributed by atoms with E-state index in [1.165, 1.54) is 6.42 Å². The molecule has 0 spiro atoms. The summed E-state index contributed by atoms with van der Waals surface area (Å²) in [5.41, 5.74) is 5.98. The fraction of sp³-hybridized carbons (Fsp3) is 0.846. The van der Waals surface area contributed by atoms with Gasteiger partial charge in [0.25, 0.3) is 0 Å². The Balaban J connectivity index is 4.24. The third kappa shape index (κ3) is 5.20. The summed E-state index contributed by atoms with van der Waals surface area (Å²) in [7, 11) is 0. The molecule has 0 aliphatic carbocycles. The fourth-order valence-corrected chi connectivity index (χ4v) is 1.85. The molecule has 0 aliphatic rings. The van der Waals surface area contributed by atoms with Crippen LogP contribution >= 0.6 is 0 Å². The van der Waals surface area contributed by atoms with Crippen molar-refractivity contribution in [3.05, 3.63) is 0 Å². The predicted octanol–water partition coefficient (Wildman–Crippen LogP) is 2.14. The second kappa shape index (κ2) is 7.73. The Kier molecular flexibility index (Phi) is 7.46. The van der Waals surface area contributed by atoms with E-state index in [1.54, 1.807) is 0 Å². The first-order chi connectivity index (χ1) is 7.14. The third-order valence-corrected chi connectivity index (χ3v) is 3.27. The molecule has 0 aromatic carbocycles. The molecule has 2 nitrogen and oxygen atoms in total. The maximum atomic E-state index is 5.89. The summed E-state index contributed by atoms with van der Waals surface area (Å²) in [6.07, 6.45) is 9.44. The van der Waals surface area contributed by atoms with E-state index in [2.05, 4.69) is 32.0 Å². The van der Waals surface area contributed by atoms with Crippen LogP contribution in [-0.2, 0) is 0 Å². The number of hydrogen-bond donors (Lipinski definition) is 2. The maximum absolute atomic E-state index is 5.89. The molecule has 0 heterocycles. The third-order valence-electron chi connectivity index (χ3n) is 3.27. The van der Waals surface area contributed by atoms with Gasteiger partial charge in [0.15, 0.2) is 0 Å². The highest BCUT2D eigenvalue weighted by atomic mass is 15.0. The smallest absolute Gasteiger partial charge is 0.0304 e. The molecule has 15 heavy (non-hydrogen) atoms. The molecule has 0 amide bonds. The molecular formula is C13H26N2. The van der Waals surface area contributed by atoms with E-state index in [1.807, 2.05) is 0 Å². The monoisotopic (exact) mass is 210 g/mol. The van der Waals surface area contributed by atoms with Crippen molar-refractivity contribution in [1.29, 1.82) is 0 Å². The lowest BCUT2D eigenvalue weighted by molar-refractivity contribution is 0.256. The summed E-state index contributed by atoms with van der Waals surface area (Å²) in [6.45, 7) is 8.26. The zero-order chi connectivity index (χ0) is 11.7. The quantitative estimate of drug-likeness (QED) is 0.476. The van der Waals surface area contributed by atoms with Crippen molar-refractivity contribution < 1.29 is 0 Å². The van der Waals surface area contributed by atoms with Crippen LogP contribution in [0.2, 0.25) is 0 Å². The van der Waals surface area contributed by atoms with Crippen molar-refractivity contribution in [2.24, 2.45) is 11.7 Å². The Hall–Kier alpha value is -0.520. The lowest BCUT2D eigenvalue weighted by atomic mass is 9.84. The molecule has 0 saturated carbocycles. The minimum Gasteiger partial charge on any atom is -0.329 e. The topological polar surface area (TPSA) is 38.0 Å². The molecule has 0 radical (unpaired) electrons. The molecule has 0 fully saturated rings. The zero-order valence-corrected chi connectivity index (χ0v) is 10.5.